The normalized spacial score (nSPS) is 12.0. The number of carbonyl (C=O) groups excluding carboxylic acids is 2. The van der Waals surface area contributed by atoms with Crippen LogP contribution in [0.2, 0.25) is 0 Å². The number of fused-ring (bicyclic) bond motifs is 2. The van der Waals surface area contributed by atoms with Crippen molar-refractivity contribution in [1.29, 1.82) is 0 Å². The standard InChI is InChI=1S/C26H23N5O3S/c1-34-20-12-10-18(11-13-20)23(32)16-30-15-19(28-29-30)14-27-26(33)17-31-21-6-2-4-8-24(21)35-25-9-5-3-7-22(25)31/h2-13,15H,14,16-17H2,1H3,(H,27,33). The average Bonchev–Trinajstić information content (AvgIpc) is 3.34. The van der Waals surface area contributed by atoms with Crippen molar-refractivity contribution in [3.63, 3.8) is 0 Å². The van der Waals surface area contributed by atoms with E-state index >= 15 is 0 Å². The first-order valence-corrected chi connectivity index (χ1v) is 11.9. The Hall–Kier alpha value is -4.11. The van der Waals surface area contributed by atoms with Crippen LogP contribution in [0.5, 0.6) is 5.75 Å². The van der Waals surface area contributed by atoms with Gasteiger partial charge in [0, 0.05) is 15.4 Å². The molecule has 176 valence electrons. The molecule has 8 nitrogen and oxygen atoms in total. The Labute approximate surface area is 206 Å². The van der Waals surface area contributed by atoms with E-state index in [0.717, 1.165) is 21.2 Å². The molecule has 0 atom stereocenters. The van der Waals surface area contributed by atoms with E-state index in [4.69, 9.17) is 4.74 Å². The van der Waals surface area contributed by atoms with Gasteiger partial charge in [-0.15, -0.1) is 5.10 Å². The Kier molecular flexibility index (Phi) is 6.49. The second-order valence-corrected chi connectivity index (χ2v) is 9.04. The number of rotatable bonds is 8. The fourth-order valence-electron chi connectivity index (χ4n) is 3.85. The molecule has 0 aliphatic carbocycles. The van der Waals surface area contributed by atoms with Crippen molar-refractivity contribution >= 4 is 34.8 Å². The van der Waals surface area contributed by atoms with E-state index < -0.39 is 0 Å². The maximum absolute atomic E-state index is 12.8. The summed E-state index contributed by atoms with van der Waals surface area (Å²) in [4.78, 5) is 29.6. The molecule has 1 N–H and O–H groups in total. The maximum atomic E-state index is 12.8. The van der Waals surface area contributed by atoms with E-state index in [9.17, 15) is 9.59 Å². The van der Waals surface area contributed by atoms with Crippen molar-refractivity contribution in [2.45, 2.75) is 22.9 Å². The largest absolute Gasteiger partial charge is 0.497 e. The van der Waals surface area contributed by atoms with E-state index in [0.29, 0.717) is 17.0 Å². The van der Waals surface area contributed by atoms with Gasteiger partial charge in [-0.05, 0) is 48.5 Å². The first kappa shape index (κ1) is 22.7. The summed E-state index contributed by atoms with van der Waals surface area (Å²) in [6.07, 6.45) is 1.67. The number of aromatic nitrogens is 3. The highest BCUT2D eigenvalue weighted by atomic mass is 32.2. The van der Waals surface area contributed by atoms with Crippen LogP contribution >= 0.6 is 11.8 Å². The van der Waals surface area contributed by atoms with E-state index in [1.165, 1.54) is 4.68 Å². The van der Waals surface area contributed by atoms with Crippen molar-refractivity contribution < 1.29 is 14.3 Å². The van der Waals surface area contributed by atoms with Gasteiger partial charge in [0.2, 0.25) is 5.91 Å². The number of nitrogens with one attached hydrogen (secondary N) is 1. The predicted octanol–water partition coefficient (Wildman–Crippen LogP) is 4.09. The minimum atomic E-state index is -0.134. The molecule has 1 aliphatic heterocycles. The van der Waals surface area contributed by atoms with Crippen molar-refractivity contribution in [1.82, 2.24) is 20.3 Å². The van der Waals surface area contributed by atoms with Gasteiger partial charge in [-0.1, -0.05) is 41.2 Å². The molecule has 0 spiro atoms. The summed E-state index contributed by atoms with van der Waals surface area (Å²) in [6.45, 7) is 0.465. The van der Waals surface area contributed by atoms with Gasteiger partial charge in [0.05, 0.1) is 31.2 Å². The fourth-order valence-corrected chi connectivity index (χ4v) is 4.95. The molecular weight excluding hydrogens is 462 g/mol. The van der Waals surface area contributed by atoms with Crippen LogP contribution in [0.4, 0.5) is 11.4 Å². The molecule has 0 unspecified atom stereocenters. The second kappa shape index (κ2) is 10.0. The first-order chi connectivity index (χ1) is 17.1. The molecule has 1 aliphatic rings. The smallest absolute Gasteiger partial charge is 0.240 e. The second-order valence-electron chi connectivity index (χ2n) is 7.96. The van der Waals surface area contributed by atoms with Crippen molar-refractivity contribution in [2.75, 3.05) is 18.6 Å². The third-order valence-corrected chi connectivity index (χ3v) is 6.73. The van der Waals surface area contributed by atoms with Crippen LogP contribution in [0.3, 0.4) is 0 Å². The molecule has 0 radical (unpaired) electrons. The highest BCUT2D eigenvalue weighted by molar-refractivity contribution is 7.99. The van der Waals surface area contributed by atoms with Gasteiger partial charge in [-0.2, -0.15) is 0 Å². The minimum Gasteiger partial charge on any atom is -0.497 e. The Morgan fingerprint density at radius 1 is 0.914 bits per heavy atom. The number of hydrogen-bond acceptors (Lipinski definition) is 7. The molecule has 0 fully saturated rings. The Balaban J connectivity index is 1.20. The summed E-state index contributed by atoms with van der Waals surface area (Å²) < 4.78 is 6.60. The zero-order valence-electron chi connectivity index (χ0n) is 19.0. The molecule has 5 rings (SSSR count). The summed E-state index contributed by atoms with van der Waals surface area (Å²) in [5.74, 6) is 0.467. The molecule has 3 aromatic carbocycles. The van der Waals surface area contributed by atoms with E-state index in [2.05, 4.69) is 27.8 Å². The first-order valence-electron chi connectivity index (χ1n) is 11.1. The number of nitrogens with zero attached hydrogens (tertiary/aromatic N) is 4. The zero-order chi connectivity index (χ0) is 24.2. The average molecular weight is 486 g/mol. The molecule has 35 heavy (non-hydrogen) atoms. The summed E-state index contributed by atoms with van der Waals surface area (Å²) in [5, 5.41) is 11.0. The van der Waals surface area contributed by atoms with Gasteiger partial charge in [0.1, 0.15) is 24.5 Å². The topological polar surface area (TPSA) is 89.4 Å². The Morgan fingerprint density at radius 2 is 1.57 bits per heavy atom. The van der Waals surface area contributed by atoms with Crippen LogP contribution in [0.1, 0.15) is 16.1 Å². The maximum Gasteiger partial charge on any atom is 0.240 e. The fraction of sp³-hybridized carbons (Fsp3) is 0.154. The number of methoxy groups -OCH3 is 1. The van der Waals surface area contributed by atoms with E-state index in [1.807, 2.05) is 41.3 Å². The summed E-state index contributed by atoms with van der Waals surface area (Å²) in [7, 11) is 1.58. The van der Waals surface area contributed by atoms with Crippen LogP contribution in [0, 0.1) is 0 Å². The van der Waals surface area contributed by atoms with Crippen molar-refractivity contribution in [3.8, 4) is 5.75 Å². The molecule has 0 saturated carbocycles. The lowest BCUT2D eigenvalue weighted by molar-refractivity contribution is -0.119. The molecule has 4 aromatic rings. The summed E-state index contributed by atoms with van der Waals surface area (Å²) >= 11 is 1.70. The molecule has 1 aromatic heterocycles. The number of Topliss-reactive ketones (excluding diaryl/α,β-unsaturated/α-hetero) is 1. The number of ketones is 1. The molecule has 0 saturated heterocycles. The molecular formula is C26H23N5O3S. The monoisotopic (exact) mass is 485 g/mol. The van der Waals surface area contributed by atoms with Gasteiger partial charge in [0.15, 0.2) is 5.78 Å². The Morgan fingerprint density at radius 3 is 2.23 bits per heavy atom. The van der Waals surface area contributed by atoms with Crippen LogP contribution in [-0.2, 0) is 17.9 Å². The SMILES string of the molecule is COc1ccc(C(=O)Cn2cc(CNC(=O)CN3c4ccccc4Sc4ccccc43)nn2)cc1. The molecule has 0 bridgehead atoms. The number of ether oxygens (including phenoxy) is 1. The molecule has 1 amide bonds. The van der Waals surface area contributed by atoms with E-state index in [1.54, 1.807) is 49.3 Å². The van der Waals surface area contributed by atoms with Crippen LogP contribution in [0.25, 0.3) is 0 Å². The number of para-hydroxylation sites is 2. The lowest BCUT2D eigenvalue weighted by atomic mass is 10.1. The number of anilines is 2. The van der Waals surface area contributed by atoms with Crippen LogP contribution in [-0.4, -0.2) is 40.3 Å². The summed E-state index contributed by atoms with van der Waals surface area (Å²) in [5.41, 5.74) is 3.16. The van der Waals surface area contributed by atoms with Crippen molar-refractivity contribution in [2.24, 2.45) is 0 Å². The third-order valence-electron chi connectivity index (χ3n) is 5.60. The minimum absolute atomic E-state index is 0.0618. The van der Waals surface area contributed by atoms with Gasteiger partial charge in [-0.3, -0.25) is 9.59 Å². The van der Waals surface area contributed by atoms with Crippen molar-refractivity contribution in [3.05, 3.63) is 90.3 Å². The van der Waals surface area contributed by atoms with Gasteiger partial charge in [0.25, 0.3) is 0 Å². The number of benzene rings is 3. The highest BCUT2D eigenvalue weighted by Crippen LogP contribution is 2.47. The van der Waals surface area contributed by atoms with E-state index in [-0.39, 0.29) is 31.3 Å². The van der Waals surface area contributed by atoms with Crippen LogP contribution in [0.15, 0.2) is 88.8 Å². The highest BCUT2D eigenvalue weighted by Gasteiger charge is 2.24. The molecule has 2 heterocycles. The number of carbonyl (C=O) groups is 2. The Bertz CT molecular complexity index is 1320. The quantitative estimate of drug-likeness (QED) is 0.376. The molecule has 9 heteroatoms. The number of hydrogen-bond donors (Lipinski definition) is 1. The van der Waals surface area contributed by atoms with Gasteiger partial charge in [-0.25, -0.2) is 4.68 Å². The predicted molar refractivity (Wildman–Crippen MR) is 133 cm³/mol. The zero-order valence-corrected chi connectivity index (χ0v) is 19.9. The lowest BCUT2D eigenvalue weighted by Gasteiger charge is -2.32. The van der Waals surface area contributed by atoms with Crippen LogP contribution < -0.4 is 15.0 Å². The van der Waals surface area contributed by atoms with Gasteiger partial charge >= 0.3 is 0 Å². The summed E-state index contributed by atoms with van der Waals surface area (Å²) in [6, 6.07) is 23.0. The van der Waals surface area contributed by atoms with Gasteiger partial charge < -0.3 is 15.0 Å². The lowest BCUT2D eigenvalue weighted by Crippen LogP contribution is -2.35. The number of amides is 1. The third kappa shape index (κ3) is 5.04.